The van der Waals surface area contributed by atoms with E-state index in [1.54, 1.807) is 0 Å². The molecule has 1 aromatic rings. The van der Waals surface area contributed by atoms with Gasteiger partial charge in [-0.15, -0.1) is 0 Å². The molecular formula is C25H34N2O9. The predicted octanol–water partition coefficient (Wildman–Crippen LogP) is 2.45. The van der Waals surface area contributed by atoms with Crippen LogP contribution in [0, 0.1) is 5.92 Å². The molecular weight excluding hydrogens is 472 g/mol. The molecule has 0 unspecified atom stereocenters. The minimum absolute atomic E-state index is 0.00158. The first-order chi connectivity index (χ1) is 17.1. The van der Waals surface area contributed by atoms with E-state index >= 15 is 0 Å². The minimum Gasteiger partial charge on any atom is -0.505 e. The molecule has 11 nitrogen and oxygen atoms in total. The molecule has 0 spiro atoms. The number of amides is 2. The van der Waals surface area contributed by atoms with E-state index in [0.29, 0.717) is 25.7 Å². The maximum Gasteiger partial charge on any atom is 0.332 e. The van der Waals surface area contributed by atoms with Gasteiger partial charge in [0.2, 0.25) is 6.41 Å². The van der Waals surface area contributed by atoms with Crippen LogP contribution in [0.2, 0.25) is 0 Å². The highest BCUT2D eigenvalue weighted by Crippen LogP contribution is 2.28. The van der Waals surface area contributed by atoms with Crippen LogP contribution in [0.4, 0.5) is 5.69 Å². The number of benzene rings is 1. The minimum atomic E-state index is -1.41. The van der Waals surface area contributed by atoms with Crippen molar-refractivity contribution in [2.24, 2.45) is 5.92 Å². The van der Waals surface area contributed by atoms with Crippen molar-refractivity contribution in [2.45, 2.75) is 84.2 Å². The molecule has 1 aromatic carbocycles. The smallest absolute Gasteiger partial charge is 0.332 e. The molecule has 1 fully saturated rings. The van der Waals surface area contributed by atoms with Crippen molar-refractivity contribution in [3.63, 3.8) is 0 Å². The Hall–Kier alpha value is -3.63. The van der Waals surface area contributed by atoms with Crippen LogP contribution in [0.3, 0.4) is 0 Å². The lowest BCUT2D eigenvalue weighted by atomic mass is 9.92. The van der Waals surface area contributed by atoms with Crippen LogP contribution in [-0.2, 0) is 33.4 Å². The van der Waals surface area contributed by atoms with Crippen molar-refractivity contribution < 1.29 is 43.3 Å². The zero-order chi connectivity index (χ0) is 26.8. The first-order valence-corrected chi connectivity index (χ1v) is 12.1. The Balaban J connectivity index is 2.34. The number of carbonyl (C=O) groups is 5. The number of anilines is 1. The Kier molecular flexibility index (Phi) is 10.7. The quantitative estimate of drug-likeness (QED) is 0.188. The normalized spacial score (nSPS) is 24.3. The topological polar surface area (TPSA) is 157 Å². The highest BCUT2D eigenvalue weighted by molar-refractivity contribution is 6.01. The maximum atomic E-state index is 13.1. The van der Waals surface area contributed by atoms with Gasteiger partial charge in [-0.25, -0.2) is 4.79 Å². The molecule has 0 radical (unpaired) electrons. The molecule has 36 heavy (non-hydrogen) atoms. The summed E-state index contributed by atoms with van der Waals surface area (Å²) in [6.45, 7) is 6.71. The Bertz CT molecular complexity index is 965. The van der Waals surface area contributed by atoms with Crippen LogP contribution in [0.25, 0.3) is 0 Å². The summed E-state index contributed by atoms with van der Waals surface area (Å²) in [5, 5.41) is 15.0. The summed E-state index contributed by atoms with van der Waals surface area (Å²) in [5.74, 6) is -4.30. The fourth-order valence-corrected chi connectivity index (χ4v) is 3.92. The number of phenolic OH excluding ortho intramolecular Hbond substituents is 1. The first kappa shape index (κ1) is 28.6. The highest BCUT2D eigenvalue weighted by Gasteiger charge is 2.43. The molecule has 1 aliphatic heterocycles. The lowest BCUT2D eigenvalue weighted by Gasteiger charge is -2.29. The number of ether oxygens (including phenoxy) is 3. The Labute approximate surface area is 209 Å². The standard InChI is InChI=1S/C25H34N2O9/c1-5-7-10-17-22(36-19(29)9-6-2)15(4)35-25(33)20(14(3)34-24(17)32)27-23(31)16-11-8-12-18(21(16)30)26-13-28/h8,11-15,17,20,22,30H,5-7,9-10H2,1-4H3,(H,26,28)(H,27,31)/t14-,15+,17+,20+,22-/m1/s1. The average Bonchev–Trinajstić information content (AvgIpc) is 2.85. The summed E-state index contributed by atoms with van der Waals surface area (Å²) in [7, 11) is 0. The molecule has 198 valence electrons. The number of rotatable bonds is 10. The second-order valence-electron chi connectivity index (χ2n) is 8.65. The Morgan fingerprint density at radius 3 is 2.42 bits per heavy atom. The third-order valence-corrected chi connectivity index (χ3v) is 5.86. The van der Waals surface area contributed by atoms with Crippen LogP contribution in [-0.4, -0.2) is 59.7 Å². The van der Waals surface area contributed by atoms with Gasteiger partial charge in [0, 0.05) is 6.42 Å². The van der Waals surface area contributed by atoms with Gasteiger partial charge < -0.3 is 30.0 Å². The number of para-hydroxylation sites is 1. The SMILES string of the molecule is CCCC[C@@H]1C(=O)O[C@H](C)[C@H](NC(=O)c2cccc(NC=O)c2O)C(=O)O[C@@H](C)[C@H]1OC(=O)CCC. The van der Waals surface area contributed by atoms with Gasteiger partial charge in [-0.2, -0.15) is 0 Å². The number of cyclic esters (lactones) is 2. The molecule has 3 N–H and O–H groups in total. The monoisotopic (exact) mass is 506 g/mol. The largest absolute Gasteiger partial charge is 0.505 e. The van der Waals surface area contributed by atoms with Crippen LogP contribution in [0.15, 0.2) is 18.2 Å². The number of aromatic hydroxyl groups is 1. The number of carbonyl (C=O) groups excluding carboxylic acids is 5. The number of hydrogen-bond donors (Lipinski definition) is 3. The Morgan fingerprint density at radius 1 is 1.08 bits per heavy atom. The molecule has 0 saturated carbocycles. The molecule has 2 rings (SSSR count). The molecule has 1 heterocycles. The number of phenols is 1. The van der Waals surface area contributed by atoms with E-state index in [1.807, 2.05) is 13.8 Å². The summed E-state index contributed by atoms with van der Waals surface area (Å²) in [6.07, 6.45) is -0.355. The van der Waals surface area contributed by atoms with Gasteiger partial charge in [0.25, 0.3) is 5.91 Å². The zero-order valence-corrected chi connectivity index (χ0v) is 20.9. The predicted molar refractivity (Wildman–Crippen MR) is 128 cm³/mol. The van der Waals surface area contributed by atoms with Crippen molar-refractivity contribution in [3.8, 4) is 5.75 Å². The van der Waals surface area contributed by atoms with Crippen LogP contribution >= 0.6 is 0 Å². The van der Waals surface area contributed by atoms with E-state index in [4.69, 9.17) is 14.2 Å². The van der Waals surface area contributed by atoms with Crippen molar-refractivity contribution in [1.82, 2.24) is 5.32 Å². The molecule has 1 saturated heterocycles. The summed E-state index contributed by atoms with van der Waals surface area (Å²) in [6, 6.07) is 2.70. The summed E-state index contributed by atoms with van der Waals surface area (Å²) >= 11 is 0. The van der Waals surface area contributed by atoms with Crippen LogP contribution < -0.4 is 10.6 Å². The fraction of sp³-hybridized carbons (Fsp3) is 0.560. The number of nitrogens with one attached hydrogen (secondary N) is 2. The molecule has 1 aliphatic rings. The van der Waals surface area contributed by atoms with E-state index in [9.17, 15) is 29.1 Å². The van der Waals surface area contributed by atoms with Gasteiger partial charge in [-0.1, -0.05) is 32.8 Å². The number of hydrogen-bond acceptors (Lipinski definition) is 9. The molecule has 11 heteroatoms. The maximum absolute atomic E-state index is 13.1. The van der Waals surface area contributed by atoms with Crippen molar-refractivity contribution in [1.29, 1.82) is 0 Å². The highest BCUT2D eigenvalue weighted by atomic mass is 16.6. The summed E-state index contributed by atoms with van der Waals surface area (Å²) in [5.41, 5.74) is -0.216. The molecule has 0 aromatic heterocycles. The zero-order valence-electron chi connectivity index (χ0n) is 20.9. The molecule has 0 aliphatic carbocycles. The van der Waals surface area contributed by atoms with Crippen LogP contribution in [0.5, 0.6) is 5.75 Å². The van der Waals surface area contributed by atoms with Crippen LogP contribution in [0.1, 0.15) is 70.2 Å². The van der Waals surface area contributed by atoms with Gasteiger partial charge >= 0.3 is 17.9 Å². The Morgan fingerprint density at radius 2 is 1.78 bits per heavy atom. The van der Waals surface area contributed by atoms with Crippen molar-refractivity contribution in [3.05, 3.63) is 23.8 Å². The fourth-order valence-electron chi connectivity index (χ4n) is 3.92. The van der Waals surface area contributed by atoms with E-state index in [0.717, 1.165) is 6.42 Å². The second kappa shape index (κ2) is 13.5. The van der Waals surface area contributed by atoms with Gasteiger partial charge in [0.05, 0.1) is 17.2 Å². The number of unbranched alkanes of at least 4 members (excludes halogenated alkanes) is 1. The summed E-state index contributed by atoms with van der Waals surface area (Å²) in [4.78, 5) is 62.1. The van der Waals surface area contributed by atoms with E-state index in [2.05, 4.69) is 10.6 Å². The van der Waals surface area contributed by atoms with Crippen molar-refractivity contribution in [2.75, 3.05) is 5.32 Å². The average molecular weight is 507 g/mol. The first-order valence-electron chi connectivity index (χ1n) is 12.1. The molecule has 0 bridgehead atoms. The van der Waals surface area contributed by atoms with E-state index in [-0.39, 0.29) is 17.7 Å². The van der Waals surface area contributed by atoms with Gasteiger partial charge in [-0.3, -0.25) is 19.2 Å². The number of esters is 3. The molecule has 5 atom stereocenters. The van der Waals surface area contributed by atoms with Gasteiger partial charge in [0.1, 0.15) is 12.2 Å². The lowest BCUT2D eigenvalue weighted by molar-refractivity contribution is -0.175. The molecule has 2 amide bonds. The second-order valence-corrected chi connectivity index (χ2v) is 8.65. The third-order valence-electron chi connectivity index (χ3n) is 5.86. The lowest BCUT2D eigenvalue weighted by Crippen LogP contribution is -2.50. The third kappa shape index (κ3) is 7.19. The van der Waals surface area contributed by atoms with Gasteiger partial charge in [-0.05, 0) is 38.8 Å². The van der Waals surface area contributed by atoms with E-state index in [1.165, 1.54) is 32.0 Å². The van der Waals surface area contributed by atoms with E-state index < -0.39 is 59.8 Å². The van der Waals surface area contributed by atoms with Crippen molar-refractivity contribution >= 4 is 35.9 Å². The van der Waals surface area contributed by atoms with Gasteiger partial charge in [0.15, 0.2) is 17.9 Å². The summed E-state index contributed by atoms with van der Waals surface area (Å²) < 4.78 is 16.7.